The quantitative estimate of drug-likeness (QED) is 0.510. The molecule has 3 rings (SSSR count). The fourth-order valence-corrected chi connectivity index (χ4v) is 4.51. The van der Waals surface area contributed by atoms with Crippen molar-refractivity contribution in [3.05, 3.63) is 87.9 Å². The van der Waals surface area contributed by atoms with Gasteiger partial charge in [-0.05, 0) is 67.1 Å². The normalized spacial score (nSPS) is 11.1. The summed E-state index contributed by atoms with van der Waals surface area (Å²) < 4.78 is 28.4. The predicted octanol–water partition coefficient (Wildman–Crippen LogP) is 5.24. The minimum Gasteiger partial charge on any atom is -0.325 e. The first kappa shape index (κ1) is 21.4. The lowest BCUT2D eigenvalue weighted by molar-refractivity contribution is -0.114. The lowest BCUT2D eigenvalue weighted by Crippen LogP contribution is -2.38. The van der Waals surface area contributed by atoms with Crippen LogP contribution >= 0.6 is 27.5 Å². The minimum absolute atomic E-state index is 0.0993. The van der Waals surface area contributed by atoms with Crippen LogP contribution in [0.4, 0.5) is 11.4 Å². The molecule has 5 nitrogen and oxygen atoms in total. The van der Waals surface area contributed by atoms with Crippen LogP contribution in [0.15, 0.2) is 82.2 Å². The Morgan fingerprint density at radius 2 is 1.69 bits per heavy atom. The molecule has 0 saturated carbocycles. The second-order valence-corrected chi connectivity index (χ2v) is 9.47. The molecule has 0 radical (unpaired) electrons. The van der Waals surface area contributed by atoms with Crippen molar-refractivity contribution >= 4 is 54.8 Å². The standard InChI is InChI=1S/C21H18BrClN2O3S/c1-15-13-17(9-12-20(15)22)24-21(26)14-25(18-10-7-16(23)8-11-18)29(27,28)19-5-3-2-4-6-19/h2-13H,14H2,1H3,(H,24,26). The summed E-state index contributed by atoms with van der Waals surface area (Å²) in [5, 5.41) is 3.23. The van der Waals surface area contributed by atoms with Crippen molar-refractivity contribution in [1.29, 1.82) is 0 Å². The van der Waals surface area contributed by atoms with Crippen molar-refractivity contribution in [2.24, 2.45) is 0 Å². The highest BCUT2D eigenvalue weighted by Crippen LogP contribution is 2.25. The summed E-state index contributed by atoms with van der Waals surface area (Å²) in [7, 11) is -3.95. The molecule has 0 spiro atoms. The average molecular weight is 494 g/mol. The van der Waals surface area contributed by atoms with Gasteiger partial charge in [0.15, 0.2) is 0 Å². The van der Waals surface area contributed by atoms with E-state index in [1.54, 1.807) is 54.6 Å². The molecule has 3 aromatic carbocycles. The zero-order valence-electron chi connectivity index (χ0n) is 15.5. The van der Waals surface area contributed by atoms with Gasteiger partial charge in [-0.1, -0.05) is 45.7 Å². The van der Waals surface area contributed by atoms with Crippen molar-refractivity contribution in [3.63, 3.8) is 0 Å². The predicted molar refractivity (Wildman–Crippen MR) is 120 cm³/mol. The Hall–Kier alpha value is -2.35. The molecule has 0 bridgehead atoms. The molecule has 0 atom stereocenters. The van der Waals surface area contributed by atoms with E-state index in [1.807, 2.05) is 13.0 Å². The van der Waals surface area contributed by atoms with Crippen molar-refractivity contribution < 1.29 is 13.2 Å². The smallest absolute Gasteiger partial charge is 0.264 e. The molecule has 0 saturated heterocycles. The SMILES string of the molecule is Cc1cc(NC(=O)CN(c2ccc(Cl)cc2)S(=O)(=O)c2ccccc2)ccc1Br. The summed E-state index contributed by atoms with van der Waals surface area (Å²) in [4.78, 5) is 12.8. The van der Waals surface area contributed by atoms with Gasteiger partial charge >= 0.3 is 0 Å². The van der Waals surface area contributed by atoms with Gasteiger partial charge in [0.1, 0.15) is 6.54 Å². The molecule has 8 heteroatoms. The number of hydrogen-bond donors (Lipinski definition) is 1. The molecule has 0 aromatic heterocycles. The maximum Gasteiger partial charge on any atom is 0.264 e. The second kappa shape index (κ2) is 8.98. The topological polar surface area (TPSA) is 66.5 Å². The average Bonchev–Trinajstić information content (AvgIpc) is 2.70. The van der Waals surface area contributed by atoms with Gasteiger partial charge in [0.2, 0.25) is 5.91 Å². The summed E-state index contributed by atoms with van der Waals surface area (Å²) in [5.41, 5.74) is 1.89. The molecule has 150 valence electrons. The number of benzene rings is 3. The summed E-state index contributed by atoms with van der Waals surface area (Å²) in [5.74, 6) is -0.457. The van der Waals surface area contributed by atoms with Gasteiger partial charge in [-0.25, -0.2) is 8.42 Å². The number of nitrogens with one attached hydrogen (secondary N) is 1. The number of halogens is 2. The van der Waals surface area contributed by atoms with Crippen LogP contribution < -0.4 is 9.62 Å². The fourth-order valence-electron chi connectivity index (χ4n) is 2.70. The largest absolute Gasteiger partial charge is 0.325 e. The molecule has 0 aliphatic carbocycles. The third-order valence-electron chi connectivity index (χ3n) is 4.17. The van der Waals surface area contributed by atoms with Crippen molar-refractivity contribution in [2.45, 2.75) is 11.8 Å². The number of amides is 1. The fraction of sp³-hybridized carbons (Fsp3) is 0.0952. The highest BCUT2D eigenvalue weighted by Gasteiger charge is 2.27. The van der Waals surface area contributed by atoms with E-state index < -0.39 is 15.9 Å². The van der Waals surface area contributed by atoms with Crippen molar-refractivity contribution in [3.8, 4) is 0 Å². The Balaban J connectivity index is 1.92. The van der Waals surface area contributed by atoms with Gasteiger partial charge in [0, 0.05) is 15.2 Å². The Kier molecular flexibility index (Phi) is 6.62. The maximum atomic E-state index is 13.2. The zero-order chi connectivity index (χ0) is 21.0. The van der Waals surface area contributed by atoms with E-state index in [2.05, 4.69) is 21.2 Å². The summed E-state index contributed by atoms with van der Waals surface area (Å²) in [6.45, 7) is 1.52. The number of carbonyl (C=O) groups excluding carboxylic acids is 1. The number of sulfonamides is 1. The van der Waals surface area contributed by atoms with Gasteiger partial charge in [0.05, 0.1) is 10.6 Å². The van der Waals surface area contributed by atoms with Crippen LogP contribution in [0, 0.1) is 6.92 Å². The molecule has 3 aromatic rings. The van der Waals surface area contributed by atoms with Gasteiger partial charge in [-0.15, -0.1) is 0 Å². The number of aryl methyl sites for hydroxylation is 1. The second-order valence-electron chi connectivity index (χ2n) is 6.31. The van der Waals surface area contributed by atoms with Crippen LogP contribution in [0.1, 0.15) is 5.56 Å². The van der Waals surface area contributed by atoms with Crippen LogP contribution in [-0.4, -0.2) is 20.9 Å². The van der Waals surface area contributed by atoms with Crippen LogP contribution in [-0.2, 0) is 14.8 Å². The van der Waals surface area contributed by atoms with Crippen LogP contribution in [0.3, 0.4) is 0 Å². The lowest BCUT2D eigenvalue weighted by Gasteiger charge is -2.24. The van der Waals surface area contributed by atoms with Gasteiger partial charge in [0.25, 0.3) is 10.0 Å². The summed E-state index contributed by atoms with van der Waals surface area (Å²) in [6, 6.07) is 19.7. The third kappa shape index (κ3) is 5.18. The summed E-state index contributed by atoms with van der Waals surface area (Å²) >= 11 is 9.35. The molecule has 1 N–H and O–H groups in total. The first-order valence-corrected chi connectivity index (χ1v) is 11.3. The molecule has 1 amide bonds. The number of nitrogens with zero attached hydrogens (tertiary/aromatic N) is 1. The Morgan fingerprint density at radius 1 is 1.03 bits per heavy atom. The number of hydrogen-bond acceptors (Lipinski definition) is 3. The first-order chi connectivity index (χ1) is 13.8. The van der Waals surface area contributed by atoms with E-state index in [0.717, 1.165) is 14.3 Å². The molecular formula is C21H18BrClN2O3S. The van der Waals surface area contributed by atoms with Crippen molar-refractivity contribution in [1.82, 2.24) is 0 Å². The van der Waals surface area contributed by atoms with Crippen molar-refractivity contribution in [2.75, 3.05) is 16.2 Å². The molecular weight excluding hydrogens is 476 g/mol. The first-order valence-electron chi connectivity index (χ1n) is 8.67. The Labute approximate surface area is 183 Å². The highest BCUT2D eigenvalue weighted by molar-refractivity contribution is 9.10. The third-order valence-corrected chi connectivity index (χ3v) is 7.10. The Bertz CT molecular complexity index is 1120. The molecule has 0 fully saturated rings. The van der Waals surface area contributed by atoms with Crippen LogP contribution in [0.25, 0.3) is 0 Å². The van der Waals surface area contributed by atoms with E-state index in [9.17, 15) is 13.2 Å². The number of carbonyl (C=O) groups is 1. The van der Waals surface area contributed by atoms with Crippen LogP contribution in [0.5, 0.6) is 0 Å². The maximum absolute atomic E-state index is 13.2. The summed E-state index contributed by atoms with van der Waals surface area (Å²) in [6.07, 6.45) is 0. The van der Waals surface area contributed by atoms with E-state index in [4.69, 9.17) is 11.6 Å². The lowest BCUT2D eigenvalue weighted by atomic mass is 10.2. The molecule has 0 aliphatic heterocycles. The Morgan fingerprint density at radius 3 is 2.31 bits per heavy atom. The molecule has 29 heavy (non-hydrogen) atoms. The number of rotatable bonds is 6. The van der Waals surface area contributed by atoms with E-state index in [-0.39, 0.29) is 11.4 Å². The zero-order valence-corrected chi connectivity index (χ0v) is 18.6. The van der Waals surface area contributed by atoms with Gasteiger partial charge in [-0.2, -0.15) is 0 Å². The van der Waals surface area contributed by atoms with Gasteiger partial charge < -0.3 is 5.32 Å². The minimum atomic E-state index is -3.95. The molecule has 0 unspecified atom stereocenters. The van der Waals surface area contributed by atoms with Gasteiger partial charge in [-0.3, -0.25) is 9.10 Å². The van der Waals surface area contributed by atoms with E-state index in [0.29, 0.717) is 16.4 Å². The van der Waals surface area contributed by atoms with E-state index >= 15 is 0 Å². The molecule has 0 aliphatic rings. The number of anilines is 2. The monoisotopic (exact) mass is 492 g/mol. The highest BCUT2D eigenvalue weighted by atomic mass is 79.9. The van der Waals surface area contributed by atoms with Crippen LogP contribution in [0.2, 0.25) is 5.02 Å². The molecule has 0 heterocycles. The van der Waals surface area contributed by atoms with E-state index in [1.165, 1.54) is 12.1 Å².